The highest BCUT2D eigenvalue weighted by Crippen LogP contribution is 2.57. The van der Waals surface area contributed by atoms with E-state index in [4.69, 9.17) is 0 Å². The topological polar surface area (TPSA) is 3.24 Å². The smallest absolute Gasteiger partial charge is 0.0714 e. The van der Waals surface area contributed by atoms with Gasteiger partial charge in [0.25, 0.3) is 0 Å². The van der Waals surface area contributed by atoms with E-state index in [-0.39, 0.29) is 0 Å². The molecule has 0 atom stereocenters. The highest BCUT2D eigenvalue weighted by Gasteiger charge is 2.46. The number of rotatable bonds is 7. The lowest BCUT2D eigenvalue weighted by Gasteiger charge is -2.35. The molecule has 0 saturated carbocycles. The fraction of sp³-hybridized carbons (Fsp3) is 0.0189. The highest BCUT2D eigenvalue weighted by molar-refractivity contribution is 6.00. The zero-order chi connectivity index (χ0) is 35.9. The summed E-state index contributed by atoms with van der Waals surface area (Å²) in [5.41, 5.74) is 15.4. The first-order valence-electron chi connectivity index (χ1n) is 18.7. The second kappa shape index (κ2) is 13.2. The minimum absolute atomic E-state index is 0.471. The first-order chi connectivity index (χ1) is 26.8. The van der Waals surface area contributed by atoms with Crippen molar-refractivity contribution in [1.82, 2.24) is 0 Å². The molecule has 0 heterocycles. The van der Waals surface area contributed by atoms with Gasteiger partial charge in [0.15, 0.2) is 0 Å². The number of benzene rings is 9. The van der Waals surface area contributed by atoms with Crippen molar-refractivity contribution in [3.8, 4) is 33.4 Å². The minimum atomic E-state index is -0.471. The Bertz CT molecular complexity index is 2700. The summed E-state index contributed by atoms with van der Waals surface area (Å²) >= 11 is 0. The standard InChI is InChI=1S/C53H37N/c1-5-17-38(18-6-1)41-35-40-19-13-14-26-47(40)50(36-41)39-29-31-45(32-30-39)54(44-24-11-4-12-25-44)46-33-34-49-48-27-15-16-28-51(48)53(52(49)37-46,42-20-7-2-8-21-42)43-22-9-3-10-23-43/h1-37H. The van der Waals surface area contributed by atoms with E-state index in [1.54, 1.807) is 0 Å². The summed E-state index contributed by atoms with van der Waals surface area (Å²) < 4.78 is 0. The molecule has 0 fully saturated rings. The van der Waals surface area contributed by atoms with Crippen LogP contribution in [0.25, 0.3) is 44.2 Å². The van der Waals surface area contributed by atoms with Crippen LogP contribution >= 0.6 is 0 Å². The van der Waals surface area contributed by atoms with Crippen LogP contribution in [-0.2, 0) is 5.41 Å². The van der Waals surface area contributed by atoms with Crippen LogP contribution in [0.2, 0.25) is 0 Å². The van der Waals surface area contributed by atoms with Crippen LogP contribution in [-0.4, -0.2) is 0 Å². The van der Waals surface area contributed by atoms with Crippen LogP contribution in [0.5, 0.6) is 0 Å². The predicted octanol–water partition coefficient (Wildman–Crippen LogP) is 14.0. The molecule has 0 N–H and O–H groups in total. The zero-order valence-corrected chi connectivity index (χ0v) is 29.8. The Balaban J connectivity index is 1.15. The lowest BCUT2D eigenvalue weighted by atomic mass is 9.67. The molecule has 0 spiro atoms. The molecular weight excluding hydrogens is 651 g/mol. The van der Waals surface area contributed by atoms with Gasteiger partial charge in [-0.1, -0.05) is 176 Å². The SMILES string of the molecule is c1ccc(-c2cc(-c3ccc(N(c4ccccc4)c4ccc5c(c4)C(c4ccccc4)(c4ccccc4)c4ccccc4-5)cc3)c3ccccc3c2)cc1. The molecule has 9 aromatic rings. The van der Waals surface area contributed by atoms with E-state index >= 15 is 0 Å². The molecular formula is C53H37N. The molecule has 9 aromatic carbocycles. The largest absolute Gasteiger partial charge is 0.310 e. The summed E-state index contributed by atoms with van der Waals surface area (Å²) in [5.74, 6) is 0. The van der Waals surface area contributed by atoms with Gasteiger partial charge < -0.3 is 4.90 Å². The second-order valence-corrected chi connectivity index (χ2v) is 14.1. The van der Waals surface area contributed by atoms with E-state index in [2.05, 4.69) is 229 Å². The fourth-order valence-corrected chi connectivity index (χ4v) is 8.73. The quantitative estimate of drug-likeness (QED) is 0.161. The Morgan fingerprint density at radius 1 is 0.296 bits per heavy atom. The molecule has 0 aromatic heterocycles. The van der Waals surface area contributed by atoms with Crippen molar-refractivity contribution < 1.29 is 0 Å². The maximum absolute atomic E-state index is 2.44. The van der Waals surface area contributed by atoms with Gasteiger partial charge in [0.1, 0.15) is 0 Å². The minimum Gasteiger partial charge on any atom is -0.310 e. The molecule has 1 heteroatoms. The maximum atomic E-state index is 2.44. The normalized spacial score (nSPS) is 12.6. The van der Waals surface area contributed by atoms with Crippen molar-refractivity contribution in [3.05, 3.63) is 247 Å². The molecule has 1 nitrogen and oxygen atoms in total. The molecule has 54 heavy (non-hydrogen) atoms. The summed E-state index contributed by atoms with van der Waals surface area (Å²) in [6.45, 7) is 0. The summed E-state index contributed by atoms with van der Waals surface area (Å²) in [6, 6.07) is 81.9. The van der Waals surface area contributed by atoms with Gasteiger partial charge in [-0.15, -0.1) is 0 Å². The van der Waals surface area contributed by atoms with Crippen LogP contribution < -0.4 is 4.90 Å². The number of para-hydroxylation sites is 1. The molecule has 0 saturated heterocycles. The Morgan fingerprint density at radius 2 is 0.833 bits per heavy atom. The van der Waals surface area contributed by atoms with Crippen molar-refractivity contribution in [3.63, 3.8) is 0 Å². The molecule has 0 aliphatic heterocycles. The lowest BCUT2D eigenvalue weighted by molar-refractivity contribution is 0.768. The molecule has 1 aliphatic rings. The summed E-state index contributed by atoms with van der Waals surface area (Å²) in [4.78, 5) is 2.40. The summed E-state index contributed by atoms with van der Waals surface area (Å²) in [7, 11) is 0. The van der Waals surface area contributed by atoms with Crippen LogP contribution in [0.4, 0.5) is 17.1 Å². The van der Waals surface area contributed by atoms with Crippen LogP contribution in [0.1, 0.15) is 22.3 Å². The van der Waals surface area contributed by atoms with Gasteiger partial charge in [-0.25, -0.2) is 0 Å². The van der Waals surface area contributed by atoms with Gasteiger partial charge in [-0.3, -0.25) is 0 Å². The lowest BCUT2D eigenvalue weighted by Crippen LogP contribution is -2.28. The number of anilines is 3. The average Bonchev–Trinajstić information content (AvgIpc) is 3.55. The molecule has 0 unspecified atom stereocenters. The number of nitrogens with zero attached hydrogens (tertiary/aromatic N) is 1. The van der Waals surface area contributed by atoms with Crippen molar-refractivity contribution in [2.75, 3.05) is 4.90 Å². The van der Waals surface area contributed by atoms with Crippen LogP contribution in [0.3, 0.4) is 0 Å². The first kappa shape index (κ1) is 31.7. The third-order valence-corrected chi connectivity index (χ3v) is 11.1. The Kier molecular flexibility index (Phi) is 7.78. The van der Waals surface area contributed by atoms with Crippen molar-refractivity contribution in [2.45, 2.75) is 5.41 Å². The fourth-order valence-electron chi connectivity index (χ4n) is 8.73. The third kappa shape index (κ3) is 5.17. The third-order valence-electron chi connectivity index (χ3n) is 11.1. The summed E-state index contributed by atoms with van der Waals surface area (Å²) in [5, 5.41) is 2.49. The van der Waals surface area contributed by atoms with Gasteiger partial charge in [0.05, 0.1) is 5.41 Å². The number of hydrogen-bond donors (Lipinski definition) is 0. The monoisotopic (exact) mass is 687 g/mol. The Morgan fingerprint density at radius 3 is 1.54 bits per heavy atom. The maximum Gasteiger partial charge on any atom is 0.0714 e. The van der Waals surface area contributed by atoms with Crippen LogP contribution in [0.15, 0.2) is 224 Å². The van der Waals surface area contributed by atoms with Crippen molar-refractivity contribution >= 4 is 27.8 Å². The van der Waals surface area contributed by atoms with Crippen molar-refractivity contribution in [1.29, 1.82) is 0 Å². The number of fused-ring (bicyclic) bond motifs is 4. The average molecular weight is 688 g/mol. The van der Waals surface area contributed by atoms with E-state index in [0.29, 0.717) is 0 Å². The summed E-state index contributed by atoms with van der Waals surface area (Å²) in [6.07, 6.45) is 0. The predicted molar refractivity (Wildman–Crippen MR) is 227 cm³/mol. The second-order valence-electron chi connectivity index (χ2n) is 14.1. The first-order valence-corrected chi connectivity index (χ1v) is 18.7. The van der Waals surface area contributed by atoms with Gasteiger partial charge in [-0.05, 0) is 115 Å². The molecule has 0 radical (unpaired) electrons. The van der Waals surface area contributed by atoms with Gasteiger partial charge in [0.2, 0.25) is 0 Å². The van der Waals surface area contributed by atoms with Gasteiger partial charge >= 0.3 is 0 Å². The van der Waals surface area contributed by atoms with E-state index in [9.17, 15) is 0 Å². The Labute approximate surface area is 317 Å². The highest BCUT2D eigenvalue weighted by atomic mass is 15.1. The molecule has 1 aliphatic carbocycles. The molecule has 254 valence electrons. The van der Waals surface area contributed by atoms with Crippen molar-refractivity contribution in [2.24, 2.45) is 0 Å². The van der Waals surface area contributed by atoms with Crippen LogP contribution in [0, 0.1) is 0 Å². The molecule has 10 rings (SSSR count). The Hall–Kier alpha value is -6.96. The number of hydrogen-bond acceptors (Lipinski definition) is 1. The van der Waals surface area contributed by atoms with Gasteiger partial charge in [0, 0.05) is 17.1 Å². The molecule has 0 amide bonds. The molecule has 0 bridgehead atoms. The van der Waals surface area contributed by atoms with E-state index < -0.39 is 5.41 Å². The van der Waals surface area contributed by atoms with Gasteiger partial charge in [-0.2, -0.15) is 0 Å². The van der Waals surface area contributed by atoms with E-state index in [1.807, 2.05) is 0 Å². The zero-order valence-electron chi connectivity index (χ0n) is 29.8. The van der Waals surface area contributed by atoms with E-state index in [1.165, 1.54) is 66.4 Å². The van der Waals surface area contributed by atoms with E-state index in [0.717, 1.165) is 17.1 Å².